The minimum Gasteiger partial charge on any atom is -0.478 e. The van der Waals surface area contributed by atoms with Crippen molar-refractivity contribution in [1.29, 1.82) is 0 Å². The van der Waals surface area contributed by atoms with Gasteiger partial charge >= 0.3 is 12.0 Å². The smallest absolute Gasteiger partial charge is 0.337 e. The van der Waals surface area contributed by atoms with E-state index in [1.807, 2.05) is 16.8 Å². The normalized spacial score (nSPS) is 10.1. The SMILES string of the molecule is O=C(NCCc1ccsc1)Nc1ccc(C(=O)O)c(Cl)c1. The number of benzene rings is 1. The van der Waals surface area contributed by atoms with Gasteiger partial charge in [-0.05, 0) is 47.0 Å². The van der Waals surface area contributed by atoms with E-state index in [1.165, 1.54) is 23.8 Å². The summed E-state index contributed by atoms with van der Waals surface area (Å²) >= 11 is 7.44. The number of urea groups is 1. The van der Waals surface area contributed by atoms with Gasteiger partial charge in [0.25, 0.3) is 0 Å². The highest BCUT2D eigenvalue weighted by Gasteiger charge is 2.10. The van der Waals surface area contributed by atoms with Crippen LogP contribution in [-0.2, 0) is 6.42 Å². The number of nitrogens with one attached hydrogen (secondary N) is 2. The van der Waals surface area contributed by atoms with Gasteiger partial charge in [0.05, 0.1) is 10.6 Å². The van der Waals surface area contributed by atoms with Crippen molar-refractivity contribution in [3.63, 3.8) is 0 Å². The molecular formula is C14H13ClN2O3S. The molecule has 0 saturated carbocycles. The number of anilines is 1. The van der Waals surface area contributed by atoms with Crippen molar-refractivity contribution in [2.75, 3.05) is 11.9 Å². The van der Waals surface area contributed by atoms with E-state index in [1.54, 1.807) is 11.3 Å². The lowest BCUT2D eigenvalue weighted by Gasteiger charge is -2.08. The summed E-state index contributed by atoms with van der Waals surface area (Å²) < 4.78 is 0. The van der Waals surface area contributed by atoms with Gasteiger partial charge in [-0.2, -0.15) is 11.3 Å². The lowest BCUT2D eigenvalue weighted by atomic mass is 10.2. The first kappa shape index (κ1) is 15.3. The molecule has 2 amide bonds. The Hall–Kier alpha value is -2.05. The quantitative estimate of drug-likeness (QED) is 0.788. The van der Waals surface area contributed by atoms with Gasteiger partial charge in [-0.3, -0.25) is 0 Å². The largest absolute Gasteiger partial charge is 0.478 e. The molecule has 2 rings (SSSR count). The molecule has 1 aromatic heterocycles. The molecule has 0 unspecified atom stereocenters. The molecule has 0 atom stereocenters. The maximum atomic E-state index is 11.7. The number of thiophene rings is 1. The van der Waals surface area contributed by atoms with E-state index in [0.29, 0.717) is 12.2 Å². The van der Waals surface area contributed by atoms with Crippen molar-refractivity contribution in [3.05, 3.63) is 51.2 Å². The summed E-state index contributed by atoms with van der Waals surface area (Å²) in [5.41, 5.74) is 1.62. The van der Waals surface area contributed by atoms with E-state index in [-0.39, 0.29) is 16.6 Å². The summed E-state index contributed by atoms with van der Waals surface area (Å²) in [7, 11) is 0. The lowest BCUT2D eigenvalue weighted by Crippen LogP contribution is -2.30. The molecule has 1 heterocycles. The first-order chi connectivity index (χ1) is 10.1. The molecule has 110 valence electrons. The van der Waals surface area contributed by atoms with E-state index >= 15 is 0 Å². The van der Waals surface area contributed by atoms with Crippen LogP contribution in [0.2, 0.25) is 5.02 Å². The number of hydrogen-bond donors (Lipinski definition) is 3. The van der Waals surface area contributed by atoms with Crippen LogP contribution in [0.3, 0.4) is 0 Å². The van der Waals surface area contributed by atoms with Crippen molar-refractivity contribution in [3.8, 4) is 0 Å². The molecule has 21 heavy (non-hydrogen) atoms. The second-order valence-electron chi connectivity index (χ2n) is 4.26. The van der Waals surface area contributed by atoms with E-state index in [9.17, 15) is 9.59 Å². The Labute approximate surface area is 130 Å². The summed E-state index contributed by atoms with van der Waals surface area (Å²) in [6.45, 7) is 0.517. The third-order valence-corrected chi connectivity index (χ3v) is 3.78. The number of hydrogen-bond acceptors (Lipinski definition) is 3. The van der Waals surface area contributed by atoms with Crippen LogP contribution in [0.15, 0.2) is 35.0 Å². The number of carbonyl (C=O) groups excluding carboxylic acids is 1. The van der Waals surface area contributed by atoms with Crippen LogP contribution < -0.4 is 10.6 Å². The van der Waals surface area contributed by atoms with Crippen LogP contribution in [0, 0.1) is 0 Å². The molecule has 1 aromatic carbocycles. The molecule has 0 aliphatic carbocycles. The summed E-state index contributed by atoms with van der Waals surface area (Å²) in [4.78, 5) is 22.5. The van der Waals surface area contributed by atoms with Crippen LogP contribution in [-0.4, -0.2) is 23.7 Å². The van der Waals surface area contributed by atoms with Gasteiger partial charge in [0.1, 0.15) is 0 Å². The Bertz CT molecular complexity index is 644. The van der Waals surface area contributed by atoms with Crippen molar-refractivity contribution in [2.45, 2.75) is 6.42 Å². The second-order valence-corrected chi connectivity index (χ2v) is 5.45. The third kappa shape index (κ3) is 4.47. The molecule has 0 radical (unpaired) electrons. The van der Waals surface area contributed by atoms with Crippen molar-refractivity contribution < 1.29 is 14.7 Å². The summed E-state index contributed by atoms with van der Waals surface area (Å²) in [5.74, 6) is -1.10. The Balaban J connectivity index is 1.85. The Kier molecular flexibility index (Phi) is 5.19. The minimum atomic E-state index is -1.10. The van der Waals surface area contributed by atoms with Gasteiger partial charge in [0.15, 0.2) is 0 Å². The number of carbonyl (C=O) groups is 2. The zero-order valence-electron chi connectivity index (χ0n) is 10.9. The Morgan fingerprint density at radius 1 is 1.29 bits per heavy atom. The zero-order chi connectivity index (χ0) is 15.2. The van der Waals surface area contributed by atoms with E-state index in [0.717, 1.165) is 6.42 Å². The predicted molar refractivity (Wildman–Crippen MR) is 83.5 cm³/mol. The Morgan fingerprint density at radius 3 is 2.71 bits per heavy atom. The third-order valence-electron chi connectivity index (χ3n) is 2.74. The maximum Gasteiger partial charge on any atom is 0.337 e. The van der Waals surface area contributed by atoms with Crippen LogP contribution in [0.1, 0.15) is 15.9 Å². The standard InChI is InChI=1S/C14H13ClN2O3S/c15-12-7-10(1-2-11(12)13(18)19)17-14(20)16-5-3-9-4-6-21-8-9/h1-2,4,6-8H,3,5H2,(H,18,19)(H2,16,17,20). The molecule has 0 saturated heterocycles. The number of carboxylic acids is 1. The van der Waals surface area contributed by atoms with Gasteiger partial charge in [0.2, 0.25) is 0 Å². The minimum absolute atomic E-state index is 0.0000765. The first-order valence-electron chi connectivity index (χ1n) is 6.15. The molecular weight excluding hydrogens is 312 g/mol. The fourth-order valence-corrected chi connectivity index (χ4v) is 2.66. The maximum absolute atomic E-state index is 11.7. The van der Waals surface area contributed by atoms with E-state index < -0.39 is 5.97 Å². The van der Waals surface area contributed by atoms with Gasteiger partial charge < -0.3 is 15.7 Å². The summed E-state index contributed by atoms with van der Waals surface area (Å²) in [6, 6.07) is 5.90. The van der Waals surface area contributed by atoms with Crippen LogP contribution >= 0.6 is 22.9 Å². The number of amides is 2. The second kappa shape index (κ2) is 7.10. The number of aromatic carboxylic acids is 1. The van der Waals surface area contributed by atoms with E-state index in [4.69, 9.17) is 16.7 Å². The van der Waals surface area contributed by atoms with Gasteiger partial charge in [-0.25, -0.2) is 9.59 Å². The fourth-order valence-electron chi connectivity index (χ4n) is 1.70. The first-order valence-corrected chi connectivity index (χ1v) is 7.47. The number of rotatable bonds is 5. The number of halogens is 1. The zero-order valence-corrected chi connectivity index (χ0v) is 12.5. The molecule has 0 spiro atoms. The van der Waals surface area contributed by atoms with Gasteiger partial charge in [0, 0.05) is 12.2 Å². The van der Waals surface area contributed by atoms with Crippen molar-refractivity contribution in [1.82, 2.24) is 5.32 Å². The Morgan fingerprint density at radius 2 is 2.10 bits per heavy atom. The highest BCUT2D eigenvalue weighted by Crippen LogP contribution is 2.20. The molecule has 0 bridgehead atoms. The summed E-state index contributed by atoms with van der Waals surface area (Å²) in [6.07, 6.45) is 0.760. The fraction of sp³-hybridized carbons (Fsp3) is 0.143. The molecule has 7 heteroatoms. The van der Waals surface area contributed by atoms with Crippen molar-refractivity contribution in [2.24, 2.45) is 0 Å². The van der Waals surface area contributed by atoms with Gasteiger partial charge in [-0.15, -0.1) is 0 Å². The highest BCUT2D eigenvalue weighted by molar-refractivity contribution is 7.07. The van der Waals surface area contributed by atoms with Crippen molar-refractivity contribution >= 4 is 40.6 Å². The van der Waals surface area contributed by atoms with Crippen LogP contribution in [0.25, 0.3) is 0 Å². The van der Waals surface area contributed by atoms with Crippen LogP contribution in [0.5, 0.6) is 0 Å². The molecule has 2 aromatic rings. The molecule has 0 fully saturated rings. The van der Waals surface area contributed by atoms with Gasteiger partial charge in [-0.1, -0.05) is 11.6 Å². The average Bonchev–Trinajstić information content (AvgIpc) is 2.91. The van der Waals surface area contributed by atoms with E-state index in [2.05, 4.69) is 10.6 Å². The van der Waals surface area contributed by atoms with Crippen LogP contribution in [0.4, 0.5) is 10.5 Å². The molecule has 0 aliphatic rings. The lowest BCUT2D eigenvalue weighted by molar-refractivity contribution is 0.0697. The molecule has 5 nitrogen and oxygen atoms in total. The average molecular weight is 325 g/mol. The number of carboxylic acid groups (broad SMARTS) is 1. The molecule has 0 aliphatic heterocycles. The summed E-state index contributed by atoms with van der Waals surface area (Å²) in [5, 5.41) is 18.3. The monoisotopic (exact) mass is 324 g/mol. The predicted octanol–water partition coefficient (Wildman–Crippen LogP) is 3.46. The molecule has 3 N–H and O–H groups in total. The topological polar surface area (TPSA) is 78.4 Å². The highest BCUT2D eigenvalue weighted by atomic mass is 35.5.